The molecule has 0 atom stereocenters. The van der Waals surface area contributed by atoms with Crippen molar-refractivity contribution >= 4 is 28.6 Å². The minimum atomic E-state index is 0.266. The lowest BCUT2D eigenvalue weighted by Gasteiger charge is -2.28. The van der Waals surface area contributed by atoms with E-state index in [1.807, 2.05) is 18.2 Å². The average molecular weight is 348 g/mol. The molecular formula is C16H20N4O3S. The van der Waals surface area contributed by atoms with Crippen LogP contribution in [0.15, 0.2) is 28.2 Å². The number of fused-ring (bicyclic) bond motifs is 1. The van der Waals surface area contributed by atoms with Gasteiger partial charge < -0.3 is 24.0 Å². The lowest BCUT2D eigenvalue weighted by Crippen LogP contribution is -2.40. The second kappa shape index (κ2) is 6.90. The fraction of sp³-hybridized carbons (Fsp3) is 0.500. The van der Waals surface area contributed by atoms with Gasteiger partial charge in [-0.25, -0.2) is 4.99 Å². The normalized spacial score (nSPS) is 22.5. The Labute approximate surface area is 145 Å². The zero-order valence-electron chi connectivity index (χ0n) is 13.6. The SMILES string of the molecule is CN1CCSC1=NC(=Nc1ccc2c(c1)OCO2)N1CCOCC1. The predicted molar refractivity (Wildman–Crippen MR) is 94.6 cm³/mol. The first-order chi connectivity index (χ1) is 11.8. The van der Waals surface area contributed by atoms with E-state index in [1.165, 1.54) is 0 Å². The summed E-state index contributed by atoms with van der Waals surface area (Å²) in [5.74, 6) is 3.29. The van der Waals surface area contributed by atoms with Gasteiger partial charge in [-0.2, -0.15) is 4.99 Å². The zero-order chi connectivity index (χ0) is 16.4. The maximum Gasteiger partial charge on any atom is 0.231 e. The lowest BCUT2D eigenvalue weighted by atomic mass is 10.3. The molecule has 24 heavy (non-hydrogen) atoms. The number of morpholine rings is 1. The van der Waals surface area contributed by atoms with Gasteiger partial charge in [0.25, 0.3) is 0 Å². The molecule has 0 spiro atoms. The van der Waals surface area contributed by atoms with Crippen molar-refractivity contribution in [3.8, 4) is 11.5 Å². The second-order valence-electron chi connectivity index (χ2n) is 5.71. The molecule has 0 amide bonds. The Bertz CT molecular complexity index is 673. The van der Waals surface area contributed by atoms with Gasteiger partial charge in [-0.15, -0.1) is 0 Å². The van der Waals surface area contributed by atoms with Crippen molar-refractivity contribution in [2.24, 2.45) is 9.98 Å². The van der Waals surface area contributed by atoms with Gasteiger partial charge >= 0.3 is 0 Å². The summed E-state index contributed by atoms with van der Waals surface area (Å²) in [6.45, 7) is 4.29. The third-order valence-electron chi connectivity index (χ3n) is 4.06. The van der Waals surface area contributed by atoms with Crippen molar-refractivity contribution in [2.45, 2.75) is 0 Å². The van der Waals surface area contributed by atoms with Gasteiger partial charge in [0.15, 0.2) is 16.7 Å². The van der Waals surface area contributed by atoms with Gasteiger partial charge in [-0.05, 0) is 12.1 Å². The van der Waals surface area contributed by atoms with E-state index < -0.39 is 0 Å². The summed E-state index contributed by atoms with van der Waals surface area (Å²) in [5.41, 5.74) is 0.816. The standard InChI is InChI=1S/C16H20N4O3S/c1-19-6-9-24-16(19)18-15(20-4-7-21-8-5-20)17-12-2-3-13-14(10-12)23-11-22-13/h2-3,10H,4-9,11H2,1H3. The number of amidine groups is 1. The van der Waals surface area contributed by atoms with Crippen LogP contribution in [0.4, 0.5) is 5.69 Å². The van der Waals surface area contributed by atoms with E-state index in [-0.39, 0.29) is 6.79 Å². The van der Waals surface area contributed by atoms with Crippen LogP contribution in [-0.4, -0.2) is 73.4 Å². The van der Waals surface area contributed by atoms with Crippen LogP contribution >= 0.6 is 11.8 Å². The third kappa shape index (κ3) is 3.29. The molecule has 0 aliphatic carbocycles. The molecule has 0 aromatic heterocycles. The van der Waals surface area contributed by atoms with E-state index in [0.29, 0.717) is 13.2 Å². The summed E-state index contributed by atoms with van der Waals surface area (Å²) in [6.07, 6.45) is 0. The van der Waals surface area contributed by atoms with E-state index in [9.17, 15) is 0 Å². The molecule has 8 heteroatoms. The van der Waals surface area contributed by atoms with Gasteiger partial charge in [0, 0.05) is 38.5 Å². The largest absolute Gasteiger partial charge is 0.454 e. The van der Waals surface area contributed by atoms with Crippen LogP contribution < -0.4 is 9.47 Å². The quantitative estimate of drug-likeness (QED) is 0.569. The van der Waals surface area contributed by atoms with Crippen molar-refractivity contribution in [2.75, 3.05) is 52.4 Å². The molecule has 2 fully saturated rings. The molecule has 0 saturated carbocycles. The number of hydrogen-bond donors (Lipinski definition) is 0. The Morgan fingerprint density at radius 2 is 1.96 bits per heavy atom. The molecule has 128 valence electrons. The van der Waals surface area contributed by atoms with Crippen LogP contribution in [0.3, 0.4) is 0 Å². The first kappa shape index (κ1) is 15.6. The van der Waals surface area contributed by atoms with Crippen LogP contribution in [0.25, 0.3) is 0 Å². The Hall–Kier alpha value is -1.93. The summed E-state index contributed by atoms with van der Waals surface area (Å²) in [5, 5.41) is 1.01. The first-order valence-corrected chi connectivity index (χ1v) is 9.02. The maximum atomic E-state index is 5.45. The molecule has 3 aliphatic rings. The van der Waals surface area contributed by atoms with Gasteiger partial charge in [-0.3, -0.25) is 0 Å². The summed E-state index contributed by atoms with van der Waals surface area (Å²) in [6, 6.07) is 5.72. The van der Waals surface area contributed by atoms with Crippen molar-refractivity contribution in [1.29, 1.82) is 0 Å². The highest BCUT2D eigenvalue weighted by Gasteiger charge is 2.21. The molecule has 0 radical (unpaired) electrons. The Kier molecular flexibility index (Phi) is 4.48. The summed E-state index contributed by atoms with van der Waals surface area (Å²) in [4.78, 5) is 13.9. The van der Waals surface area contributed by atoms with Crippen LogP contribution in [0.1, 0.15) is 0 Å². The number of thioether (sulfide) groups is 1. The summed E-state index contributed by atoms with van der Waals surface area (Å²) >= 11 is 1.77. The number of guanidine groups is 1. The number of ether oxygens (including phenoxy) is 3. The van der Waals surface area contributed by atoms with E-state index >= 15 is 0 Å². The summed E-state index contributed by atoms with van der Waals surface area (Å²) < 4.78 is 16.3. The molecule has 4 rings (SSSR count). The third-order valence-corrected chi connectivity index (χ3v) is 5.11. The molecule has 1 aromatic carbocycles. The van der Waals surface area contributed by atoms with Crippen molar-refractivity contribution in [3.63, 3.8) is 0 Å². The predicted octanol–water partition coefficient (Wildman–Crippen LogP) is 1.77. The van der Waals surface area contributed by atoms with Crippen molar-refractivity contribution < 1.29 is 14.2 Å². The lowest BCUT2D eigenvalue weighted by molar-refractivity contribution is 0.0676. The highest BCUT2D eigenvalue weighted by molar-refractivity contribution is 8.14. The number of aliphatic imine (C=N–C) groups is 2. The monoisotopic (exact) mass is 348 g/mol. The fourth-order valence-electron chi connectivity index (χ4n) is 2.68. The topological polar surface area (TPSA) is 58.9 Å². The van der Waals surface area contributed by atoms with Gasteiger partial charge in [0.1, 0.15) is 0 Å². The molecule has 3 aliphatic heterocycles. The van der Waals surface area contributed by atoms with Gasteiger partial charge in [0.2, 0.25) is 12.8 Å². The van der Waals surface area contributed by atoms with Crippen LogP contribution in [0.5, 0.6) is 11.5 Å². The number of benzene rings is 1. The van der Waals surface area contributed by atoms with Crippen LogP contribution in [-0.2, 0) is 4.74 Å². The molecule has 7 nitrogen and oxygen atoms in total. The van der Waals surface area contributed by atoms with Crippen LogP contribution in [0, 0.1) is 0 Å². The molecule has 0 bridgehead atoms. The average Bonchev–Trinajstić information content (AvgIpc) is 3.24. The minimum Gasteiger partial charge on any atom is -0.454 e. The van der Waals surface area contributed by atoms with E-state index in [4.69, 9.17) is 24.2 Å². The minimum absolute atomic E-state index is 0.266. The Balaban J connectivity index is 1.66. The smallest absolute Gasteiger partial charge is 0.231 e. The molecular weight excluding hydrogens is 328 g/mol. The molecule has 0 N–H and O–H groups in total. The first-order valence-electron chi connectivity index (χ1n) is 8.03. The van der Waals surface area contributed by atoms with Crippen LogP contribution in [0.2, 0.25) is 0 Å². The fourth-order valence-corrected chi connectivity index (χ4v) is 3.69. The molecule has 1 aromatic rings. The molecule has 3 heterocycles. The molecule has 0 unspecified atom stereocenters. The maximum absolute atomic E-state index is 5.45. The van der Waals surface area contributed by atoms with Crippen molar-refractivity contribution in [3.05, 3.63) is 18.2 Å². The number of rotatable bonds is 1. The highest BCUT2D eigenvalue weighted by Crippen LogP contribution is 2.35. The van der Waals surface area contributed by atoms with Crippen molar-refractivity contribution in [1.82, 2.24) is 9.80 Å². The Morgan fingerprint density at radius 1 is 1.12 bits per heavy atom. The number of hydrogen-bond acceptors (Lipinski definition) is 5. The molecule has 2 saturated heterocycles. The highest BCUT2D eigenvalue weighted by atomic mass is 32.2. The van der Waals surface area contributed by atoms with E-state index in [1.54, 1.807) is 11.8 Å². The van der Waals surface area contributed by atoms with E-state index in [0.717, 1.165) is 53.7 Å². The van der Waals surface area contributed by atoms with E-state index in [2.05, 4.69) is 16.8 Å². The van der Waals surface area contributed by atoms with Gasteiger partial charge in [-0.1, -0.05) is 11.8 Å². The zero-order valence-corrected chi connectivity index (χ0v) is 14.4. The van der Waals surface area contributed by atoms with Gasteiger partial charge in [0.05, 0.1) is 18.9 Å². The Morgan fingerprint density at radius 3 is 2.75 bits per heavy atom. The summed E-state index contributed by atoms with van der Waals surface area (Å²) in [7, 11) is 2.07. The second-order valence-corrected chi connectivity index (χ2v) is 6.78. The number of nitrogens with zero attached hydrogens (tertiary/aromatic N) is 4.